The number of aliphatic hydroxyl groups is 2. The molecule has 0 unspecified atom stereocenters. The normalized spacial score (nSPS) is 15.6. The number of benzene rings is 3. The first kappa shape index (κ1) is 28.5. The molecule has 0 aliphatic rings. The summed E-state index contributed by atoms with van der Waals surface area (Å²) in [5, 5.41) is 26.1. The van der Waals surface area contributed by atoms with Crippen LogP contribution in [0.2, 0.25) is 0 Å². The zero-order valence-corrected chi connectivity index (χ0v) is 21.5. The highest BCUT2D eigenvalue weighted by molar-refractivity contribution is 5.49. The van der Waals surface area contributed by atoms with Gasteiger partial charge < -0.3 is 25.0 Å². The molecule has 0 fully saturated rings. The summed E-state index contributed by atoms with van der Waals surface area (Å²) < 4.78 is 12.0. The maximum absolute atomic E-state index is 11.5. The smallest absolute Gasteiger partial charge is 0.114 e. The zero-order valence-electron chi connectivity index (χ0n) is 21.5. The van der Waals surface area contributed by atoms with Gasteiger partial charge in [0.1, 0.15) is 18.3 Å². The Morgan fingerprint density at radius 3 is 2.00 bits per heavy atom. The Morgan fingerprint density at radius 1 is 0.838 bits per heavy atom. The van der Waals surface area contributed by atoms with Gasteiger partial charge in [-0.3, -0.25) is 0 Å². The average Bonchev–Trinajstić information content (AvgIpc) is 2.93. The summed E-state index contributed by atoms with van der Waals surface area (Å²) in [6, 6.07) is 29.0. The summed E-state index contributed by atoms with van der Waals surface area (Å²) in [6.07, 6.45) is 3.52. The van der Waals surface area contributed by atoms with Crippen LogP contribution in [-0.4, -0.2) is 47.2 Å². The number of hydrogen-bond acceptors (Lipinski definition) is 5. The molecular formula is C32H39NO4. The molecule has 0 saturated heterocycles. The molecule has 0 aliphatic heterocycles. The maximum Gasteiger partial charge on any atom is 0.114 e. The Kier molecular flexibility index (Phi) is 12.3. The molecule has 3 N–H and O–H groups in total. The molecule has 0 radical (unpaired) electrons. The molecule has 0 spiro atoms. The minimum Gasteiger partial charge on any atom is -0.388 e. The first-order chi connectivity index (χ1) is 18.1. The van der Waals surface area contributed by atoms with Crippen LogP contribution in [0.15, 0.2) is 110 Å². The summed E-state index contributed by atoms with van der Waals surface area (Å²) in [5.74, 6) is 0. The van der Waals surface area contributed by atoms with E-state index in [2.05, 4.69) is 11.9 Å². The summed E-state index contributed by atoms with van der Waals surface area (Å²) in [4.78, 5) is 0. The van der Waals surface area contributed by atoms with Crippen molar-refractivity contribution in [3.05, 3.63) is 126 Å². The van der Waals surface area contributed by atoms with E-state index in [4.69, 9.17) is 9.47 Å². The quantitative estimate of drug-likeness (QED) is 0.237. The Bertz CT molecular complexity index is 1040. The van der Waals surface area contributed by atoms with Crippen LogP contribution < -0.4 is 5.32 Å². The van der Waals surface area contributed by atoms with Crippen LogP contribution in [0.3, 0.4) is 0 Å². The number of ether oxygens (including phenoxy) is 2. The fourth-order valence-corrected chi connectivity index (χ4v) is 4.07. The van der Waals surface area contributed by atoms with Gasteiger partial charge in [0.05, 0.1) is 25.9 Å². The van der Waals surface area contributed by atoms with Gasteiger partial charge in [0.15, 0.2) is 0 Å². The number of hydrogen-bond donors (Lipinski definition) is 3. The van der Waals surface area contributed by atoms with Gasteiger partial charge in [-0.25, -0.2) is 0 Å². The predicted octanol–water partition coefficient (Wildman–Crippen LogP) is 5.15. The Labute approximate surface area is 221 Å². The van der Waals surface area contributed by atoms with Crippen molar-refractivity contribution in [2.75, 3.05) is 6.61 Å². The summed E-state index contributed by atoms with van der Waals surface area (Å²) in [5.41, 5.74) is 2.99. The highest BCUT2D eigenvalue weighted by atomic mass is 16.5. The van der Waals surface area contributed by atoms with Gasteiger partial charge in [-0.1, -0.05) is 109 Å². The highest BCUT2D eigenvalue weighted by Gasteiger charge is 2.33. The molecular weight excluding hydrogens is 462 g/mol. The lowest BCUT2D eigenvalue weighted by Gasteiger charge is -2.33. The lowest BCUT2D eigenvalue weighted by molar-refractivity contribution is -0.132. The third kappa shape index (κ3) is 10.1. The largest absolute Gasteiger partial charge is 0.388 e. The SMILES string of the molecule is C=CC[C@@H](C)N[C@@H](/C=C/c1ccccc1)[C@H](O)[C@H](OCc1ccccc1)[C@H](O)COCc1ccccc1. The minimum absolute atomic E-state index is 0.0305. The van der Waals surface area contributed by atoms with Crippen LogP contribution in [-0.2, 0) is 22.7 Å². The molecule has 0 saturated carbocycles. The molecule has 0 heterocycles. The van der Waals surface area contributed by atoms with Crippen molar-refractivity contribution in [3.8, 4) is 0 Å². The molecule has 5 heteroatoms. The summed E-state index contributed by atoms with van der Waals surface area (Å²) >= 11 is 0. The zero-order chi connectivity index (χ0) is 26.3. The second-order valence-corrected chi connectivity index (χ2v) is 9.21. The van der Waals surface area contributed by atoms with E-state index >= 15 is 0 Å². The van der Waals surface area contributed by atoms with Crippen molar-refractivity contribution >= 4 is 6.08 Å². The predicted molar refractivity (Wildman–Crippen MR) is 150 cm³/mol. The molecule has 0 amide bonds. The molecule has 37 heavy (non-hydrogen) atoms. The first-order valence-corrected chi connectivity index (χ1v) is 12.8. The fraction of sp³-hybridized carbons (Fsp3) is 0.312. The van der Waals surface area contributed by atoms with Gasteiger partial charge in [-0.2, -0.15) is 0 Å². The maximum atomic E-state index is 11.5. The van der Waals surface area contributed by atoms with E-state index in [1.165, 1.54) is 0 Å². The molecule has 3 aromatic rings. The molecule has 5 nitrogen and oxygen atoms in total. The van der Waals surface area contributed by atoms with E-state index in [-0.39, 0.29) is 19.3 Å². The van der Waals surface area contributed by atoms with Crippen LogP contribution in [0.1, 0.15) is 30.0 Å². The van der Waals surface area contributed by atoms with Gasteiger partial charge in [-0.15, -0.1) is 6.58 Å². The van der Waals surface area contributed by atoms with Crippen LogP contribution in [0.5, 0.6) is 0 Å². The molecule has 3 aromatic carbocycles. The fourth-order valence-electron chi connectivity index (χ4n) is 4.07. The number of nitrogens with one attached hydrogen (secondary N) is 1. The Hall–Kier alpha value is -3.06. The van der Waals surface area contributed by atoms with Gasteiger partial charge in [-0.05, 0) is 30.0 Å². The Balaban J connectivity index is 1.76. The summed E-state index contributed by atoms with van der Waals surface area (Å²) in [7, 11) is 0. The lowest BCUT2D eigenvalue weighted by Crippen LogP contribution is -2.53. The van der Waals surface area contributed by atoms with E-state index in [1.807, 2.05) is 116 Å². The standard InChI is InChI=1S/C32H39NO4/c1-3-13-25(2)33-29(21-20-26-14-7-4-8-15-26)31(35)32(37-23-28-18-11-6-12-19-28)30(34)24-36-22-27-16-9-5-10-17-27/h3-12,14-21,25,29-35H,1,13,22-24H2,2H3/b21-20+/t25-,29+,30-,31+,32-/m1/s1. The second-order valence-electron chi connectivity index (χ2n) is 9.21. The first-order valence-electron chi connectivity index (χ1n) is 12.8. The van der Waals surface area contributed by atoms with Crippen molar-refractivity contribution < 1.29 is 19.7 Å². The topological polar surface area (TPSA) is 71.0 Å². The van der Waals surface area contributed by atoms with Crippen molar-refractivity contribution in [2.24, 2.45) is 0 Å². The highest BCUT2D eigenvalue weighted by Crippen LogP contribution is 2.17. The van der Waals surface area contributed by atoms with Crippen LogP contribution in [0.25, 0.3) is 6.08 Å². The molecule has 0 bridgehead atoms. The van der Waals surface area contributed by atoms with Gasteiger partial charge >= 0.3 is 0 Å². The van der Waals surface area contributed by atoms with Gasteiger partial charge in [0.25, 0.3) is 0 Å². The monoisotopic (exact) mass is 501 g/mol. The molecule has 196 valence electrons. The van der Waals surface area contributed by atoms with Gasteiger partial charge in [0.2, 0.25) is 0 Å². The second kappa shape index (κ2) is 15.9. The Morgan fingerprint density at radius 2 is 1.41 bits per heavy atom. The molecule has 3 rings (SSSR count). The van der Waals surface area contributed by atoms with Crippen molar-refractivity contribution in [3.63, 3.8) is 0 Å². The van der Waals surface area contributed by atoms with Crippen molar-refractivity contribution in [1.82, 2.24) is 5.32 Å². The van der Waals surface area contributed by atoms with Crippen molar-refractivity contribution in [1.29, 1.82) is 0 Å². The number of aliphatic hydroxyl groups excluding tert-OH is 2. The average molecular weight is 502 g/mol. The van der Waals surface area contributed by atoms with E-state index < -0.39 is 24.4 Å². The third-order valence-corrected chi connectivity index (χ3v) is 6.06. The van der Waals surface area contributed by atoms with E-state index in [1.54, 1.807) is 0 Å². The molecule has 5 atom stereocenters. The van der Waals surface area contributed by atoms with Crippen LogP contribution >= 0.6 is 0 Å². The lowest BCUT2D eigenvalue weighted by atomic mass is 9.98. The van der Waals surface area contributed by atoms with E-state index in [0.29, 0.717) is 6.61 Å². The van der Waals surface area contributed by atoms with E-state index in [0.717, 1.165) is 23.1 Å². The van der Waals surface area contributed by atoms with Gasteiger partial charge in [0, 0.05) is 6.04 Å². The molecule has 0 aromatic heterocycles. The van der Waals surface area contributed by atoms with Crippen LogP contribution in [0.4, 0.5) is 0 Å². The minimum atomic E-state index is -1.04. The molecule has 0 aliphatic carbocycles. The van der Waals surface area contributed by atoms with E-state index in [9.17, 15) is 10.2 Å². The summed E-state index contributed by atoms with van der Waals surface area (Å²) in [6.45, 7) is 6.52. The number of rotatable bonds is 16. The van der Waals surface area contributed by atoms with Crippen LogP contribution in [0, 0.1) is 0 Å². The van der Waals surface area contributed by atoms with Crippen molar-refractivity contribution in [2.45, 2.75) is 57.0 Å². The third-order valence-electron chi connectivity index (χ3n) is 6.06.